The lowest BCUT2D eigenvalue weighted by Crippen LogP contribution is -2.35. The Morgan fingerprint density at radius 1 is 1.12 bits per heavy atom. The van der Waals surface area contributed by atoms with Crippen molar-refractivity contribution >= 4 is 11.9 Å². The van der Waals surface area contributed by atoms with Gasteiger partial charge >= 0.3 is 11.9 Å². The Bertz CT molecular complexity index is 349. The minimum atomic E-state index is -0.424. The number of methoxy groups -OCH3 is 2. The SMILES string of the molecule is COCOC(=O)C1C2C=CC(C2)C1C(=O)OC. The second-order valence-electron chi connectivity index (χ2n) is 4.39. The van der Waals surface area contributed by atoms with E-state index in [0.717, 1.165) is 6.42 Å². The first-order valence-corrected chi connectivity index (χ1v) is 5.60. The third kappa shape index (κ3) is 2.07. The molecule has 94 valence electrons. The van der Waals surface area contributed by atoms with Crippen molar-refractivity contribution in [3.05, 3.63) is 12.2 Å². The van der Waals surface area contributed by atoms with Gasteiger partial charge in [0.2, 0.25) is 0 Å². The summed E-state index contributed by atoms with van der Waals surface area (Å²) in [6.45, 7) is -0.0790. The van der Waals surface area contributed by atoms with E-state index >= 15 is 0 Å². The molecule has 1 saturated carbocycles. The fourth-order valence-corrected chi connectivity index (χ4v) is 2.81. The van der Waals surface area contributed by atoms with E-state index in [4.69, 9.17) is 14.2 Å². The maximum Gasteiger partial charge on any atom is 0.312 e. The van der Waals surface area contributed by atoms with Crippen molar-refractivity contribution in [3.8, 4) is 0 Å². The number of hydrogen-bond donors (Lipinski definition) is 0. The Morgan fingerprint density at radius 3 is 2.24 bits per heavy atom. The number of fused-ring (bicyclic) bond motifs is 2. The van der Waals surface area contributed by atoms with Crippen molar-refractivity contribution < 1.29 is 23.8 Å². The van der Waals surface area contributed by atoms with Gasteiger partial charge in [0.25, 0.3) is 0 Å². The monoisotopic (exact) mass is 240 g/mol. The van der Waals surface area contributed by atoms with Crippen molar-refractivity contribution in [2.45, 2.75) is 6.42 Å². The molecule has 4 atom stereocenters. The van der Waals surface area contributed by atoms with Crippen LogP contribution in [0, 0.1) is 23.7 Å². The van der Waals surface area contributed by atoms with Crippen molar-refractivity contribution in [1.29, 1.82) is 0 Å². The van der Waals surface area contributed by atoms with Crippen LogP contribution in [0.4, 0.5) is 0 Å². The van der Waals surface area contributed by atoms with Gasteiger partial charge in [0, 0.05) is 7.11 Å². The fourth-order valence-electron chi connectivity index (χ4n) is 2.81. The predicted molar refractivity (Wildman–Crippen MR) is 57.7 cm³/mol. The zero-order valence-corrected chi connectivity index (χ0v) is 9.92. The number of hydrogen-bond acceptors (Lipinski definition) is 5. The minimum absolute atomic E-state index is 0.0790. The van der Waals surface area contributed by atoms with Crippen LogP contribution in [0.1, 0.15) is 6.42 Å². The number of carbonyl (C=O) groups excluding carboxylic acids is 2. The topological polar surface area (TPSA) is 61.8 Å². The highest BCUT2D eigenvalue weighted by molar-refractivity contribution is 5.84. The Labute approximate surface area is 99.7 Å². The van der Waals surface area contributed by atoms with E-state index in [2.05, 4.69) is 0 Å². The number of ether oxygens (including phenoxy) is 3. The van der Waals surface area contributed by atoms with E-state index in [9.17, 15) is 9.59 Å². The molecule has 17 heavy (non-hydrogen) atoms. The van der Waals surface area contributed by atoms with Crippen LogP contribution < -0.4 is 0 Å². The number of esters is 2. The molecule has 0 aromatic rings. The molecule has 0 aromatic heterocycles. The largest absolute Gasteiger partial charge is 0.469 e. The van der Waals surface area contributed by atoms with Crippen molar-refractivity contribution in [3.63, 3.8) is 0 Å². The van der Waals surface area contributed by atoms with Gasteiger partial charge in [-0.15, -0.1) is 0 Å². The molecular weight excluding hydrogens is 224 g/mol. The number of rotatable bonds is 4. The normalized spacial score (nSPS) is 33.8. The average Bonchev–Trinajstić information content (AvgIpc) is 2.94. The summed E-state index contributed by atoms with van der Waals surface area (Å²) in [6.07, 6.45) is 4.81. The third-order valence-corrected chi connectivity index (χ3v) is 3.52. The van der Waals surface area contributed by atoms with Crippen LogP contribution in [0.5, 0.6) is 0 Å². The maximum absolute atomic E-state index is 11.9. The summed E-state index contributed by atoms with van der Waals surface area (Å²) in [5.74, 6) is -1.34. The lowest BCUT2D eigenvalue weighted by molar-refractivity contribution is -0.167. The molecule has 0 radical (unpaired) electrons. The van der Waals surface area contributed by atoms with Crippen molar-refractivity contribution in [2.75, 3.05) is 21.0 Å². The highest BCUT2D eigenvalue weighted by Crippen LogP contribution is 2.48. The van der Waals surface area contributed by atoms with E-state index in [1.165, 1.54) is 14.2 Å². The van der Waals surface area contributed by atoms with Gasteiger partial charge in [-0.25, -0.2) is 0 Å². The second-order valence-corrected chi connectivity index (χ2v) is 4.39. The molecule has 4 unspecified atom stereocenters. The molecule has 0 saturated heterocycles. The van der Waals surface area contributed by atoms with Gasteiger partial charge in [0.05, 0.1) is 18.9 Å². The average molecular weight is 240 g/mol. The van der Waals surface area contributed by atoms with Crippen LogP contribution in [-0.4, -0.2) is 33.0 Å². The summed E-state index contributed by atoms with van der Waals surface area (Å²) >= 11 is 0. The smallest absolute Gasteiger partial charge is 0.312 e. The van der Waals surface area contributed by atoms with Gasteiger partial charge in [0.15, 0.2) is 6.79 Å². The number of allylic oxidation sites excluding steroid dienone is 2. The lowest BCUT2D eigenvalue weighted by atomic mass is 9.83. The van der Waals surface area contributed by atoms with Gasteiger partial charge in [-0.1, -0.05) is 12.2 Å². The third-order valence-electron chi connectivity index (χ3n) is 3.52. The first-order chi connectivity index (χ1) is 8.19. The molecule has 0 aliphatic heterocycles. The Kier molecular flexibility index (Phi) is 3.47. The van der Waals surface area contributed by atoms with Crippen LogP contribution >= 0.6 is 0 Å². The fraction of sp³-hybridized carbons (Fsp3) is 0.667. The molecule has 0 heterocycles. The molecule has 2 rings (SSSR count). The van der Waals surface area contributed by atoms with Crippen LogP contribution in [0.2, 0.25) is 0 Å². The Balaban J connectivity index is 2.11. The van der Waals surface area contributed by atoms with E-state index in [-0.39, 0.29) is 30.6 Å². The van der Waals surface area contributed by atoms with Crippen LogP contribution in [0.15, 0.2) is 12.2 Å². The summed E-state index contributed by atoms with van der Waals surface area (Å²) in [4.78, 5) is 23.6. The highest BCUT2D eigenvalue weighted by atomic mass is 16.7. The summed E-state index contributed by atoms with van der Waals surface area (Å²) in [6, 6.07) is 0. The lowest BCUT2D eigenvalue weighted by Gasteiger charge is -2.23. The predicted octanol–water partition coefficient (Wildman–Crippen LogP) is 0.745. The molecule has 0 amide bonds. The maximum atomic E-state index is 11.9. The zero-order chi connectivity index (χ0) is 12.4. The van der Waals surface area contributed by atoms with E-state index < -0.39 is 11.8 Å². The Morgan fingerprint density at radius 2 is 1.71 bits per heavy atom. The Hall–Kier alpha value is -1.36. The highest BCUT2D eigenvalue weighted by Gasteiger charge is 2.52. The first kappa shape index (κ1) is 12.1. The second kappa shape index (κ2) is 4.87. The van der Waals surface area contributed by atoms with Gasteiger partial charge in [-0.3, -0.25) is 9.59 Å². The molecule has 5 heteroatoms. The molecule has 1 fully saturated rings. The van der Waals surface area contributed by atoms with Gasteiger partial charge in [0.1, 0.15) is 0 Å². The van der Waals surface area contributed by atoms with Crippen LogP contribution in [0.25, 0.3) is 0 Å². The summed E-state index contributed by atoms with van der Waals surface area (Å²) < 4.78 is 14.4. The minimum Gasteiger partial charge on any atom is -0.469 e. The van der Waals surface area contributed by atoms with E-state index in [1.807, 2.05) is 12.2 Å². The van der Waals surface area contributed by atoms with Gasteiger partial charge < -0.3 is 14.2 Å². The quantitative estimate of drug-likeness (QED) is 0.412. The van der Waals surface area contributed by atoms with Crippen molar-refractivity contribution in [1.82, 2.24) is 0 Å². The molecular formula is C12H16O5. The van der Waals surface area contributed by atoms with Crippen molar-refractivity contribution in [2.24, 2.45) is 23.7 Å². The summed E-state index contributed by atoms with van der Waals surface area (Å²) in [7, 11) is 2.79. The number of carbonyl (C=O) groups is 2. The molecule has 0 N–H and O–H groups in total. The molecule has 0 aromatic carbocycles. The zero-order valence-electron chi connectivity index (χ0n) is 9.92. The summed E-state index contributed by atoms with van der Waals surface area (Å²) in [5, 5.41) is 0. The summed E-state index contributed by atoms with van der Waals surface area (Å²) in [5.41, 5.74) is 0. The van der Waals surface area contributed by atoms with Gasteiger partial charge in [-0.2, -0.15) is 0 Å². The van der Waals surface area contributed by atoms with Crippen LogP contribution in [0.3, 0.4) is 0 Å². The molecule has 2 bridgehead atoms. The van der Waals surface area contributed by atoms with Crippen LogP contribution in [-0.2, 0) is 23.8 Å². The van der Waals surface area contributed by atoms with E-state index in [0.29, 0.717) is 0 Å². The first-order valence-electron chi connectivity index (χ1n) is 5.60. The molecule has 2 aliphatic rings. The molecule has 5 nitrogen and oxygen atoms in total. The molecule has 2 aliphatic carbocycles. The van der Waals surface area contributed by atoms with E-state index in [1.54, 1.807) is 0 Å². The molecule has 0 spiro atoms. The van der Waals surface area contributed by atoms with Gasteiger partial charge in [-0.05, 0) is 18.3 Å². The standard InChI is InChI=1S/C12H16O5/c1-15-6-17-12(14)10-8-4-3-7(5-8)9(10)11(13)16-2/h3-4,7-10H,5-6H2,1-2H3.